The van der Waals surface area contributed by atoms with Gasteiger partial charge in [-0.1, -0.05) is 27.7 Å². The SMILES string of the molecule is CCCNC(N)=NCc1ccnc(SC(C)(C)C)c1.I. The molecule has 0 radical (unpaired) electrons. The van der Waals surface area contributed by atoms with E-state index in [4.69, 9.17) is 5.73 Å². The zero-order valence-corrected chi connectivity index (χ0v) is 15.8. The summed E-state index contributed by atoms with van der Waals surface area (Å²) in [7, 11) is 0. The average molecular weight is 408 g/mol. The maximum Gasteiger partial charge on any atom is 0.188 e. The van der Waals surface area contributed by atoms with Gasteiger partial charge in [-0.15, -0.1) is 35.7 Å². The molecule has 1 heterocycles. The van der Waals surface area contributed by atoms with Gasteiger partial charge in [-0.25, -0.2) is 9.98 Å². The van der Waals surface area contributed by atoms with Crippen molar-refractivity contribution < 1.29 is 0 Å². The van der Waals surface area contributed by atoms with Gasteiger partial charge in [0.25, 0.3) is 0 Å². The number of nitrogens with one attached hydrogen (secondary N) is 1. The van der Waals surface area contributed by atoms with E-state index in [0.717, 1.165) is 23.6 Å². The van der Waals surface area contributed by atoms with Gasteiger partial charge in [-0.05, 0) is 24.1 Å². The fourth-order valence-electron chi connectivity index (χ4n) is 1.40. The number of aliphatic imine (C=N–C) groups is 1. The largest absolute Gasteiger partial charge is 0.370 e. The number of hydrogen-bond acceptors (Lipinski definition) is 3. The van der Waals surface area contributed by atoms with E-state index in [1.54, 1.807) is 11.8 Å². The van der Waals surface area contributed by atoms with Crippen LogP contribution in [0.1, 0.15) is 39.7 Å². The number of hydrogen-bond donors (Lipinski definition) is 2. The van der Waals surface area contributed by atoms with Crippen LogP contribution in [0.5, 0.6) is 0 Å². The maximum absolute atomic E-state index is 5.77. The molecule has 114 valence electrons. The van der Waals surface area contributed by atoms with Crippen LogP contribution in [0.4, 0.5) is 0 Å². The number of rotatable bonds is 5. The second-order valence-corrected chi connectivity index (χ2v) is 7.19. The Morgan fingerprint density at radius 3 is 2.75 bits per heavy atom. The van der Waals surface area contributed by atoms with Crippen molar-refractivity contribution in [2.45, 2.75) is 50.4 Å². The van der Waals surface area contributed by atoms with Crippen molar-refractivity contribution in [2.75, 3.05) is 6.54 Å². The zero-order valence-electron chi connectivity index (χ0n) is 12.6. The summed E-state index contributed by atoms with van der Waals surface area (Å²) >= 11 is 1.76. The fraction of sp³-hybridized carbons (Fsp3) is 0.571. The number of nitrogens with two attached hydrogens (primary N) is 1. The van der Waals surface area contributed by atoms with E-state index >= 15 is 0 Å². The van der Waals surface area contributed by atoms with Crippen LogP contribution in [0, 0.1) is 0 Å². The minimum atomic E-state index is 0. The van der Waals surface area contributed by atoms with Gasteiger partial charge in [0.05, 0.1) is 11.6 Å². The third-order valence-corrected chi connectivity index (χ3v) is 3.24. The first-order valence-corrected chi connectivity index (χ1v) is 7.40. The first-order chi connectivity index (χ1) is 8.90. The quantitative estimate of drug-likeness (QED) is 0.339. The lowest BCUT2D eigenvalue weighted by atomic mass is 10.3. The standard InChI is InChI=1S/C14H24N4S.HI/c1-5-7-17-13(15)18-10-11-6-8-16-12(9-11)19-14(2,3)4;/h6,8-9H,5,7,10H2,1-4H3,(H3,15,17,18);1H. The molecule has 0 spiro atoms. The molecule has 20 heavy (non-hydrogen) atoms. The molecule has 0 aliphatic rings. The van der Waals surface area contributed by atoms with Gasteiger partial charge in [0, 0.05) is 17.5 Å². The topological polar surface area (TPSA) is 63.3 Å². The van der Waals surface area contributed by atoms with E-state index in [2.05, 4.69) is 49.1 Å². The Hall–Kier alpha value is -0.500. The van der Waals surface area contributed by atoms with Crippen LogP contribution >= 0.6 is 35.7 Å². The molecule has 0 fully saturated rings. The van der Waals surface area contributed by atoms with Crippen molar-refractivity contribution in [1.29, 1.82) is 0 Å². The molecule has 1 aromatic rings. The van der Waals surface area contributed by atoms with Crippen molar-refractivity contribution in [1.82, 2.24) is 10.3 Å². The Kier molecular flexibility index (Phi) is 9.20. The number of nitrogens with zero attached hydrogens (tertiary/aromatic N) is 2. The van der Waals surface area contributed by atoms with Gasteiger partial charge in [-0.3, -0.25) is 0 Å². The summed E-state index contributed by atoms with van der Waals surface area (Å²) in [4.78, 5) is 8.68. The van der Waals surface area contributed by atoms with Crippen molar-refractivity contribution >= 4 is 41.7 Å². The highest BCUT2D eigenvalue weighted by Gasteiger charge is 2.13. The molecular weight excluding hydrogens is 383 g/mol. The summed E-state index contributed by atoms with van der Waals surface area (Å²) in [5.74, 6) is 0.503. The molecule has 0 saturated carbocycles. The molecule has 1 aromatic heterocycles. The van der Waals surface area contributed by atoms with Crippen LogP contribution in [-0.4, -0.2) is 22.2 Å². The molecule has 0 saturated heterocycles. The van der Waals surface area contributed by atoms with E-state index in [1.165, 1.54) is 0 Å². The maximum atomic E-state index is 5.77. The molecule has 0 unspecified atom stereocenters. The highest BCUT2D eigenvalue weighted by molar-refractivity contribution is 14.0. The first kappa shape index (κ1) is 19.5. The summed E-state index contributed by atoms with van der Waals surface area (Å²) in [5, 5.41) is 4.09. The minimum absolute atomic E-state index is 0. The minimum Gasteiger partial charge on any atom is -0.370 e. The lowest BCUT2D eigenvalue weighted by Gasteiger charge is -2.16. The van der Waals surface area contributed by atoms with E-state index in [1.807, 2.05) is 12.3 Å². The molecule has 0 atom stereocenters. The van der Waals surface area contributed by atoms with Crippen LogP contribution in [-0.2, 0) is 6.54 Å². The van der Waals surface area contributed by atoms with E-state index in [-0.39, 0.29) is 28.7 Å². The van der Waals surface area contributed by atoms with Crippen LogP contribution in [0.3, 0.4) is 0 Å². The molecule has 1 rings (SSSR count). The molecule has 0 aromatic carbocycles. The monoisotopic (exact) mass is 408 g/mol. The van der Waals surface area contributed by atoms with Gasteiger partial charge in [-0.2, -0.15) is 0 Å². The van der Waals surface area contributed by atoms with E-state index in [9.17, 15) is 0 Å². The smallest absolute Gasteiger partial charge is 0.188 e. The van der Waals surface area contributed by atoms with E-state index in [0.29, 0.717) is 12.5 Å². The summed E-state index contributed by atoms with van der Waals surface area (Å²) in [6, 6.07) is 4.05. The second-order valence-electron chi connectivity index (χ2n) is 5.35. The molecule has 3 N–H and O–H groups in total. The highest BCUT2D eigenvalue weighted by atomic mass is 127. The Morgan fingerprint density at radius 1 is 1.45 bits per heavy atom. The van der Waals surface area contributed by atoms with Crippen molar-refractivity contribution in [3.05, 3.63) is 23.9 Å². The highest BCUT2D eigenvalue weighted by Crippen LogP contribution is 2.30. The van der Waals surface area contributed by atoms with Gasteiger partial charge in [0.15, 0.2) is 5.96 Å². The molecule has 4 nitrogen and oxygen atoms in total. The van der Waals surface area contributed by atoms with Crippen molar-refractivity contribution in [3.8, 4) is 0 Å². The predicted molar refractivity (Wildman–Crippen MR) is 98.9 cm³/mol. The second kappa shape index (κ2) is 9.44. The average Bonchev–Trinajstić information content (AvgIpc) is 2.32. The molecule has 0 amide bonds. The van der Waals surface area contributed by atoms with Crippen LogP contribution in [0.25, 0.3) is 0 Å². The molecular formula is C14H25IN4S. The Labute approximate surface area is 143 Å². The molecule has 0 aliphatic heterocycles. The Bertz CT molecular complexity index is 429. The predicted octanol–water partition coefficient (Wildman–Crippen LogP) is 3.40. The Balaban J connectivity index is 0.00000361. The van der Waals surface area contributed by atoms with Crippen LogP contribution in [0.15, 0.2) is 28.3 Å². The number of aromatic nitrogens is 1. The van der Waals surface area contributed by atoms with Crippen molar-refractivity contribution in [3.63, 3.8) is 0 Å². The van der Waals surface area contributed by atoms with E-state index < -0.39 is 0 Å². The molecule has 0 bridgehead atoms. The van der Waals surface area contributed by atoms with Gasteiger partial charge >= 0.3 is 0 Å². The van der Waals surface area contributed by atoms with Crippen LogP contribution in [0.2, 0.25) is 0 Å². The van der Waals surface area contributed by atoms with Crippen LogP contribution < -0.4 is 11.1 Å². The first-order valence-electron chi connectivity index (χ1n) is 6.58. The normalized spacial score (nSPS) is 11.9. The molecule has 0 aliphatic carbocycles. The van der Waals surface area contributed by atoms with Gasteiger partial charge in [0.1, 0.15) is 0 Å². The van der Waals surface area contributed by atoms with Gasteiger partial charge < -0.3 is 11.1 Å². The molecule has 6 heteroatoms. The number of halogens is 1. The summed E-state index contributed by atoms with van der Waals surface area (Å²) in [5.41, 5.74) is 6.89. The third kappa shape index (κ3) is 8.63. The van der Waals surface area contributed by atoms with Gasteiger partial charge in [0.2, 0.25) is 0 Å². The third-order valence-electron chi connectivity index (χ3n) is 2.20. The number of thioether (sulfide) groups is 1. The zero-order chi connectivity index (χ0) is 14.3. The number of pyridine rings is 1. The summed E-state index contributed by atoms with van der Waals surface area (Å²) in [6.45, 7) is 10.1. The van der Waals surface area contributed by atoms with Crippen molar-refractivity contribution in [2.24, 2.45) is 10.7 Å². The summed E-state index contributed by atoms with van der Waals surface area (Å²) < 4.78 is 0.163. The lowest BCUT2D eigenvalue weighted by Crippen LogP contribution is -2.32. The summed E-state index contributed by atoms with van der Waals surface area (Å²) in [6.07, 6.45) is 2.87. The fourth-order valence-corrected chi connectivity index (χ4v) is 2.36. The lowest BCUT2D eigenvalue weighted by molar-refractivity contribution is 0.798. The Morgan fingerprint density at radius 2 is 2.15 bits per heavy atom. The number of guanidine groups is 1.